The van der Waals surface area contributed by atoms with E-state index in [1.807, 2.05) is 9.47 Å². The van der Waals surface area contributed by atoms with Crippen LogP contribution in [0.1, 0.15) is 10.4 Å². The number of nitrogens with zero attached hydrogens (tertiary/aromatic N) is 1. The molecule has 16 heavy (non-hydrogen) atoms. The van der Waals surface area contributed by atoms with Gasteiger partial charge in [0, 0.05) is 6.07 Å². The smallest absolute Gasteiger partial charge is 0.316 e. The van der Waals surface area contributed by atoms with Gasteiger partial charge in [0.2, 0.25) is 18.3 Å². The van der Waals surface area contributed by atoms with Crippen LogP contribution in [0.4, 0.5) is 5.69 Å². The zero-order chi connectivity index (χ0) is 11.7. The highest BCUT2D eigenvalue weighted by molar-refractivity contribution is 7.10. The molecule has 0 radical (unpaired) electrons. The molecule has 0 amide bonds. The van der Waals surface area contributed by atoms with Gasteiger partial charge in [0.1, 0.15) is 0 Å². The first-order valence-corrected chi connectivity index (χ1v) is 4.59. The van der Waals surface area contributed by atoms with E-state index >= 15 is 0 Å². The first-order valence-electron chi connectivity index (χ1n) is 4.12. The van der Waals surface area contributed by atoms with Crippen LogP contribution in [-0.2, 0) is 0 Å². The number of benzene rings is 1. The molecule has 0 N–H and O–H groups in total. The molecule has 1 heterocycles. The number of hydrogen-bond donors (Lipinski definition) is 0. The Morgan fingerprint density at radius 1 is 1.50 bits per heavy atom. The van der Waals surface area contributed by atoms with E-state index in [2.05, 4.69) is 0 Å². The summed E-state index contributed by atoms with van der Waals surface area (Å²) in [5.74, 6) is 0.164. The fraction of sp³-hybridized carbons (Fsp3) is 0.125. The van der Waals surface area contributed by atoms with E-state index in [1.54, 1.807) is 0 Å². The largest absolute Gasteiger partial charge is 0.476 e. The van der Waals surface area contributed by atoms with E-state index in [0.717, 1.165) is 6.07 Å². The highest BCUT2D eigenvalue weighted by atomic mass is 31.0. The second-order valence-electron chi connectivity index (χ2n) is 2.87. The van der Waals surface area contributed by atoms with E-state index in [1.165, 1.54) is 0 Å². The zero-order valence-corrected chi connectivity index (χ0v) is 8.99. The van der Waals surface area contributed by atoms with Gasteiger partial charge in [-0.1, -0.05) is 0 Å². The minimum absolute atomic E-state index is 0.0203. The number of carbonyl (C=O) groups excluding carboxylic acids is 1. The van der Waals surface area contributed by atoms with E-state index in [9.17, 15) is 14.9 Å². The lowest BCUT2D eigenvalue weighted by molar-refractivity contribution is -0.385. The zero-order valence-electron chi connectivity index (χ0n) is 7.84. The van der Waals surface area contributed by atoms with Crippen LogP contribution >= 0.6 is 9.47 Å². The topological polar surface area (TPSA) is 87.9 Å². The number of rotatable bonds is 3. The van der Waals surface area contributed by atoms with Crippen molar-refractivity contribution in [1.29, 1.82) is 0 Å². The molecule has 8 heteroatoms. The third-order valence-corrected chi connectivity index (χ3v) is 2.28. The summed E-state index contributed by atoms with van der Waals surface area (Å²) < 4.78 is 14.9. The van der Waals surface area contributed by atoms with Gasteiger partial charge in [0.25, 0.3) is 0 Å². The number of hydrogen-bond acceptors (Lipinski definition) is 6. The summed E-state index contributed by atoms with van der Waals surface area (Å²) in [7, 11) is 1.95. The standard InChI is InChI=1S/C8H6NO6P/c10-2-4-1-5(9(11)12)7-8(6(4)15-16)14-3-13-7/h1-2H,3,16H2. The summed E-state index contributed by atoms with van der Waals surface area (Å²) in [4.78, 5) is 20.8. The molecule has 1 unspecified atom stereocenters. The molecule has 1 aliphatic heterocycles. The minimum atomic E-state index is -0.646. The van der Waals surface area contributed by atoms with Gasteiger partial charge in [0.15, 0.2) is 12.0 Å². The lowest BCUT2D eigenvalue weighted by Crippen LogP contribution is -1.95. The Balaban J connectivity index is 2.72. The van der Waals surface area contributed by atoms with Gasteiger partial charge in [-0.25, -0.2) is 0 Å². The van der Waals surface area contributed by atoms with Crippen molar-refractivity contribution in [1.82, 2.24) is 0 Å². The van der Waals surface area contributed by atoms with Gasteiger partial charge in [-0.2, -0.15) is 0 Å². The molecular weight excluding hydrogens is 237 g/mol. The van der Waals surface area contributed by atoms with Crippen molar-refractivity contribution in [2.75, 3.05) is 6.79 Å². The molecule has 7 nitrogen and oxygen atoms in total. The van der Waals surface area contributed by atoms with E-state index in [4.69, 9.17) is 14.0 Å². The average Bonchev–Trinajstić information content (AvgIpc) is 2.74. The van der Waals surface area contributed by atoms with Gasteiger partial charge in [-0.05, 0) is 0 Å². The molecule has 1 aliphatic rings. The molecule has 2 rings (SSSR count). The first-order chi connectivity index (χ1) is 7.69. The molecule has 0 aromatic heterocycles. The quantitative estimate of drug-likeness (QED) is 0.344. The summed E-state index contributed by atoms with van der Waals surface area (Å²) in [5.41, 5.74) is -0.286. The predicted molar refractivity (Wildman–Crippen MR) is 54.9 cm³/mol. The number of fused-ring (bicyclic) bond motifs is 1. The fourth-order valence-electron chi connectivity index (χ4n) is 1.39. The molecule has 1 atom stereocenters. The summed E-state index contributed by atoms with van der Waals surface area (Å²) in [6.45, 7) is -0.139. The second-order valence-corrected chi connectivity index (χ2v) is 3.11. The monoisotopic (exact) mass is 243 g/mol. The Labute approximate surface area is 91.7 Å². The van der Waals surface area contributed by atoms with Crippen molar-refractivity contribution >= 4 is 21.4 Å². The maximum atomic E-state index is 10.8. The molecule has 0 saturated carbocycles. The maximum Gasteiger partial charge on any atom is 0.316 e. The Morgan fingerprint density at radius 3 is 2.75 bits per heavy atom. The Kier molecular flexibility index (Phi) is 2.62. The fourth-order valence-corrected chi connectivity index (χ4v) is 1.63. The maximum absolute atomic E-state index is 10.8. The number of carbonyl (C=O) groups is 1. The highest BCUT2D eigenvalue weighted by Gasteiger charge is 2.31. The van der Waals surface area contributed by atoms with Crippen molar-refractivity contribution in [3.63, 3.8) is 0 Å². The van der Waals surface area contributed by atoms with Crippen molar-refractivity contribution in [3.05, 3.63) is 21.7 Å². The molecule has 0 saturated heterocycles. The van der Waals surface area contributed by atoms with Crippen molar-refractivity contribution in [3.8, 4) is 17.2 Å². The molecule has 0 bridgehead atoms. The number of aldehydes is 1. The average molecular weight is 243 g/mol. The highest BCUT2D eigenvalue weighted by Crippen LogP contribution is 2.49. The van der Waals surface area contributed by atoms with E-state index in [-0.39, 0.29) is 35.3 Å². The van der Waals surface area contributed by atoms with Gasteiger partial charge >= 0.3 is 5.69 Å². The van der Waals surface area contributed by atoms with Crippen LogP contribution in [0.15, 0.2) is 6.07 Å². The summed E-state index contributed by atoms with van der Waals surface area (Å²) in [5, 5.41) is 10.7. The van der Waals surface area contributed by atoms with Crippen molar-refractivity contribution in [2.24, 2.45) is 0 Å². The Hall–Kier alpha value is -1.88. The van der Waals surface area contributed by atoms with E-state index in [0.29, 0.717) is 6.29 Å². The normalized spacial score (nSPS) is 12.3. The van der Waals surface area contributed by atoms with Crippen molar-refractivity contribution in [2.45, 2.75) is 0 Å². The summed E-state index contributed by atoms with van der Waals surface area (Å²) in [6.07, 6.45) is 0.453. The molecule has 0 aliphatic carbocycles. The van der Waals surface area contributed by atoms with Crippen LogP contribution in [0.5, 0.6) is 17.2 Å². The molecule has 0 spiro atoms. The lowest BCUT2D eigenvalue weighted by Gasteiger charge is -2.06. The number of ether oxygens (including phenoxy) is 2. The molecule has 1 aromatic rings. The van der Waals surface area contributed by atoms with Crippen LogP contribution in [0.3, 0.4) is 0 Å². The Morgan fingerprint density at radius 2 is 2.19 bits per heavy atom. The SMILES string of the molecule is O=Cc1cc([N+](=O)[O-])c2c(c1OP)OCO2. The van der Waals surface area contributed by atoms with Gasteiger partial charge in [-0.15, -0.1) is 0 Å². The van der Waals surface area contributed by atoms with Gasteiger partial charge in [-0.3, -0.25) is 14.9 Å². The lowest BCUT2D eigenvalue weighted by atomic mass is 10.1. The second kappa shape index (κ2) is 3.94. The van der Waals surface area contributed by atoms with Crippen LogP contribution in [0.2, 0.25) is 0 Å². The van der Waals surface area contributed by atoms with Gasteiger partial charge < -0.3 is 14.0 Å². The van der Waals surface area contributed by atoms with Crippen LogP contribution in [-0.4, -0.2) is 18.0 Å². The number of nitro benzene ring substituents is 1. The first kappa shape index (κ1) is 10.6. The third-order valence-electron chi connectivity index (χ3n) is 2.05. The van der Waals surface area contributed by atoms with Crippen LogP contribution in [0.25, 0.3) is 0 Å². The third kappa shape index (κ3) is 1.45. The minimum Gasteiger partial charge on any atom is -0.476 e. The predicted octanol–water partition coefficient (Wildman–Crippen LogP) is 1.30. The van der Waals surface area contributed by atoms with Crippen LogP contribution < -0.4 is 14.0 Å². The molecular formula is C8H6NO6P. The Bertz CT molecular complexity index is 474. The van der Waals surface area contributed by atoms with Crippen molar-refractivity contribution < 1.29 is 23.7 Å². The summed E-state index contributed by atoms with van der Waals surface area (Å²) in [6, 6.07) is 1.08. The molecule has 84 valence electrons. The summed E-state index contributed by atoms with van der Waals surface area (Å²) >= 11 is 0. The molecule has 1 aromatic carbocycles. The van der Waals surface area contributed by atoms with E-state index < -0.39 is 4.92 Å². The van der Waals surface area contributed by atoms with Crippen LogP contribution in [0, 0.1) is 10.1 Å². The molecule has 0 fully saturated rings. The number of nitro groups is 1. The van der Waals surface area contributed by atoms with Gasteiger partial charge in [0.05, 0.1) is 20.0 Å².